The number of benzene rings is 1. The SMILES string of the molecule is CCC(NCCCNC(=O)OC(C)(C)C)c1nc2c(Cl)cnn2c(=O)n1Cc1ccccc1. The van der Waals surface area contributed by atoms with Gasteiger partial charge in [0.2, 0.25) is 0 Å². The number of aromatic nitrogens is 4. The third-order valence-electron chi connectivity index (χ3n) is 4.93. The Morgan fingerprint density at radius 2 is 1.94 bits per heavy atom. The Balaban J connectivity index is 1.75. The van der Waals surface area contributed by atoms with E-state index in [4.69, 9.17) is 21.3 Å². The number of carbonyl (C=O) groups is 1. The maximum absolute atomic E-state index is 13.2. The first kappa shape index (κ1) is 24.7. The minimum Gasteiger partial charge on any atom is -0.444 e. The molecule has 2 heterocycles. The lowest BCUT2D eigenvalue weighted by atomic mass is 10.1. The minimum atomic E-state index is -0.530. The number of rotatable bonds is 9. The van der Waals surface area contributed by atoms with Gasteiger partial charge in [-0.05, 0) is 45.7 Å². The lowest BCUT2D eigenvalue weighted by molar-refractivity contribution is 0.0527. The zero-order chi connectivity index (χ0) is 24.0. The molecule has 0 spiro atoms. The molecule has 0 radical (unpaired) electrons. The van der Waals surface area contributed by atoms with Gasteiger partial charge in [-0.2, -0.15) is 9.61 Å². The van der Waals surface area contributed by atoms with Crippen LogP contribution in [0.5, 0.6) is 0 Å². The Morgan fingerprint density at radius 1 is 1.21 bits per heavy atom. The van der Waals surface area contributed by atoms with Gasteiger partial charge in [0.25, 0.3) is 0 Å². The molecule has 2 N–H and O–H groups in total. The van der Waals surface area contributed by atoms with Gasteiger partial charge in [0.05, 0.1) is 18.8 Å². The highest BCUT2D eigenvalue weighted by Crippen LogP contribution is 2.19. The van der Waals surface area contributed by atoms with Crippen LogP contribution < -0.4 is 16.3 Å². The Kier molecular flexibility index (Phi) is 8.10. The molecule has 3 aromatic rings. The summed E-state index contributed by atoms with van der Waals surface area (Å²) in [6, 6.07) is 9.55. The number of fused-ring (bicyclic) bond motifs is 1. The van der Waals surface area contributed by atoms with E-state index in [0.29, 0.717) is 49.0 Å². The molecule has 33 heavy (non-hydrogen) atoms. The fourth-order valence-electron chi connectivity index (χ4n) is 3.41. The van der Waals surface area contributed by atoms with E-state index in [0.717, 1.165) is 5.56 Å². The number of nitrogens with zero attached hydrogens (tertiary/aromatic N) is 4. The van der Waals surface area contributed by atoms with Crippen LogP contribution in [0, 0.1) is 0 Å². The maximum Gasteiger partial charge on any atom is 0.407 e. The molecule has 0 aliphatic rings. The van der Waals surface area contributed by atoms with Gasteiger partial charge in [-0.3, -0.25) is 4.57 Å². The summed E-state index contributed by atoms with van der Waals surface area (Å²) < 4.78 is 8.11. The lowest BCUT2D eigenvalue weighted by Gasteiger charge is -2.22. The number of halogens is 1. The van der Waals surface area contributed by atoms with Crippen LogP contribution in [-0.4, -0.2) is 43.9 Å². The molecule has 9 nitrogen and oxygen atoms in total. The molecular formula is C23H31ClN6O3. The summed E-state index contributed by atoms with van der Waals surface area (Å²) in [5.41, 5.74) is 0.499. The average molecular weight is 475 g/mol. The molecule has 1 aromatic carbocycles. The monoisotopic (exact) mass is 474 g/mol. The molecule has 0 saturated heterocycles. The average Bonchev–Trinajstić information content (AvgIpc) is 3.13. The predicted octanol–water partition coefficient (Wildman–Crippen LogP) is 3.55. The van der Waals surface area contributed by atoms with E-state index in [-0.39, 0.29) is 11.7 Å². The Bertz CT molecular complexity index is 1140. The van der Waals surface area contributed by atoms with Crippen molar-refractivity contribution < 1.29 is 9.53 Å². The Labute approximate surface area is 198 Å². The third kappa shape index (κ3) is 6.55. The van der Waals surface area contributed by atoms with Gasteiger partial charge in [0.1, 0.15) is 16.4 Å². The second-order valence-electron chi connectivity index (χ2n) is 8.75. The van der Waals surface area contributed by atoms with E-state index in [1.54, 1.807) is 4.57 Å². The van der Waals surface area contributed by atoms with Crippen molar-refractivity contribution in [3.63, 3.8) is 0 Å². The number of alkyl carbamates (subject to hydrolysis) is 1. The van der Waals surface area contributed by atoms with Gasteiger partial charge in [-0.25, -0.2) is 14.6 Å². The summed E-state index contributed by atoms with van der Waals surface area (Å²) in [4.78, 5) is 29.7. The van der Waals surface area contributed by atoms with E-state index in [1.165, 1.54) is 10.7 Å². The van der Waals surface area contributed by atoms with Crippen LogP contribution in [0.1, 0.15) is 58.0 Å². The van der Waals surface area contributed by atoms with Crippen molar-refractivity contribution in [3.05, 3.63) is 63.4 Å². The highest BCUT2D eigenvalue weighted by molar-refractivity contribution is 6.33. The first-order valence-corrected chi connectivity index (χ1v) is 11.5. The van der Waals surface area contributed by atoms with E-state index >= 15 is 0 Å². The van der Waals surface area contributed by atoms with Crippen molar-refractivity contribution in [1.29, 1.82) is 0 Å². The molecule has 0 bridgehead atoms. The lowest BCUT2D eigenvalue weighted by Crippen LogP contribution is -2.37. The molecule has 2 aromatic heterocycles. The van der Waals surface area contributed by atoms with Crippen molar-refractivity contribution in [3.8, 4) is 0 Å². The number of hydrogen-bond acceptors (Lipinski definition) is 6. The van der Waals surface area contributed by atoms with Crippen LogP contribution in [0.15, 0.2) is 41.3 Å². The van der Waals surface area contributed by atoms with E-state index < -0.39 is 11.7 Å². The van der Waals surface area contributed by atoms with Crippen LogP contribution in [-0.2, 0) is 11.3 Å². The minimum absolute atomic E-state index is 0.182. The molecule has 3 rings (SSSR count). The molecule has 1 amide bonds. The van der Waals surface area contributed by atoms with Gasteiger partial charge < -0.3 is 15.4 Å². The van der Waals surface area contributed by atoms with E-state index in [1.807, 2.05) is 58.0 Å². The summed E-state index contributed by atoms with van der Waals surface area (Å²) in [6.45, 7) is 8.96. The quantitative estimate of drug-likeness (QED) is 0.460. The molecule has 1 unspecified atom stereocenters. The summed E-state index contributed by atoms with van der Waals surface area (Å²) in [5, 5.41) is 10.6. The van der Waals surface area contributed by atoms with Crippen molar-refractivity contribution >= 4 is 23.3 Å². The van der Waals surface area contributed by atoms with Crippen LogP contribution in [0.3, 0.4) is 0 Å². The summed E-state index contributed by atoms with van der Waals surface area (Å²) in [5.74, 6) is 0.598. The van der Waals surface area contributed by atoms with Crippen LogP contribution in [0.25, 0.3) is 5.65 Å². The molecule has 178 valence electrons. The van der Waals surface area contributed by atoms with Gasteiger partial charge in [0, 0.05) is 6.54 Å². The summed E-state index contributed by atoms with van der Waals surface area (Å²) >= 11 is 6.23. The zero-order valence-electron chi connectivity index (χ0n) is 19.5. The number of carbonyl (C=O) groups excluding carboxylic acids is 1. The normalized spacial score (nSPS) is 12.6. The second-order valence-corrected chi connectivity index (χ2v) is 9.16. The van der Waals surface area contributed by atoms with Crippen LogP contribution in [0.4, 0.5) is 4.79 Å². The van der Waals surface area contributed by atoms with Crippen molar-refractivity contribution in [2.24, 2.45) is 0 Å². The standard InChI is InChI=1S/C23H31ClN6O3/c1-5-18(25-12-9-13-26-21(31)33-23(2,3)4)20-28-19-17(24)14-27-30(19)22(32)29(20)15-16-10-7-6-8-11-16/h6-8,10-11,14,18,25H,5,9,12-13,15H2,1-4H3,(H,26,31). The predicted molar refractivity (Wildman–Crippen MR) is 128 cm³/mol. The number of ether oxygens (including phenoxy) is 1. The summed E-state index contributed by atoms with van der Waals surface area (Å²) in [7, 11) is 0. The topological polar surface area (TPSA) is 103 Å². The van der Waals surface area contributed by atoms with Crippen LogP contribution >= 0.6 is 11.6 Å². The number of nitrogens with one attached hydrogen (secondary N) is 2. The maximum atomic E-state index is 13.2. The highest BCUT2D eigenvalue weighted by Gasteiger charge is 2.21. The van der Waals surface area contributed by atoms with Crippen LogP contribution in [0.2, 0.25) is 5.02 Å². The van der Waals surface area contributed by atoms with Gasteiger partial charge in [-0.15, -0.1) is 0 Å². The number of amides is 1. The van der Waals surface area contributed by atoms with Crippen molar-refractivity contribution in [2.45, 2.75) is 58.7 Å². The smallest absolute Gasteiger partial charge is 0.407 e. The van der Waals surface area contributed by atoms with E-state index in [9.17, 15) is 9.59 Å². The molecule has 10 heteroatoms. The molecule has 0 fully saturated rings. The van der Waals surface area contributed by atoms with Gasteiger partial charge in [-0.1, -0.05) is 48.9 Å². The zero-order valence-corrected chi connectivity index (χ0v) is 20.2. The van der Waals surface area contributed by atoms with Crippen molar-refractivity contribution in [1.82, 2.24) is 29.8 Å². The number of hydrogen-bond donors (Lipinski definition) is 2. The highest BCUT2D eigenvalue weighted by atomic mass is 35.5. The summed E-state index contributed by atoms with van der Waals surface area (Å²) in [6.07, 6.45) is 2.39. The molecule has 0 saturated carbocycles. The molecule has 0 aliphatic carbocycles. The fraction of sp³-hybridized carbons (Fsp3) is 0.478. The molecule has 1 atom stereocenters. The fourth-order valence-corrected chi connectivity index (χ4v) is 3.58. The van der Waals surface area contributed by atoms with E-state index in [2.05, 4.69) is 15.7 Å². The molecule has 0 aliphatic heterocycles. The first-order valence-electron chi connectivity index (χ1n) is 11.1. The second kappa shape index (κ2) is 10.8. The Hall–Kier alpha value is -2.91. The molecular weight excluding hydrogens is 444 g/mol. The van der Waals surface area contributed by atoms with Gasteiger partial charge >= 0.3 is 11.8 Å². The van der Waals surface area contributed by atoms with Crippen molar-refractivity contribution in [2.75, 3.05) is 13.1 Å². The third-order valence-corrected chi connectivity index (χ3v) is 5.19. The Morgan fingerprint density at radius 3 is 2.61 bits per heavy atom. The largest absolute Gasteiger partial charge is 0.444 e. The van der Waals surface area contributed by atoms with Gasteiger partial charge in [0.15, 0.2) is 5.65 Å². The first-order chi connectivity index (χ1) is 15.7.